The highest BCUT2D eigenvalue weighted by Crippen LogP contribution is 2.35. The molecule has 3 atom stereocenters. The number of hydrogen-bond acceptors (Lipinski definition) is 1. The van der Waals surface area contributed by atoms with Gasteiger partial charge < -0.3 is 5.32 Å². The molecule has 0 aromatic carbocycles. The number of hydrogen-bond donors (Lipinski definition) is 1. The van der Waals surface area contributed by atoms with Crippen LogP contribution in [0.4, 0.5) is 4.39 Å². The average Bonchev–Trinajstić information content (AvgIpc) is 2.83. The van der Waals surface area contributed by atoms with Gasteiger partial charge in [-0.1, -0.05) is 19.4 Å². The normalized spacial score (nSPS) is 33.7. The zero-order valence-electron chi connectivity index (χ0n) is 10.6. The number of nitrogens with one attached hydrogen (secondary N) is 1. The van der Waals surface area contributed by atoms with E-state index in [1.165, 1.54) is 12.8 Å². The quantitative estimate of drug-likeness (QED) is 0.620. The van der Waals surface area contributed by atoms with Crippen molar-refractivity contribution in [2.24, 2.45) is 5.92 Å². The standard InChI is InChI=1S/C14H21ClFNO/c1-9-10(6-7-12(15)14(9)16)8-13(18)17-11-4-2-3-5-11/h10-12,14H,1-8H2,(H,17,18). The van der Waals surface area contributed by atoms with Crippen molar-refractivity contribution < 1.29 is 9.18 Å². The van der Waals surface area contributed by atoms with Crippen molar-refractivity contribution in [3.8, 4) is 0 Å². The smallest absolute Gasteiger partial charge is 0.220 e. The molecule has 0 aliphatic heterocycles. The van der Waals surface area contributed by atoms with Crippen molar-refractivity contribution in [2.45, 2.75) is 62.5 Å². The molecule has 2 rings (SSSR count). The minimum Gasteiger partial charge on any atom is -0.353 e. The van der Waals surface area contributed by atoms with Crippen molar-refractivity contribution in [1.82, 2.24) is 5.32 Å². The van der Waals surface area contributed by atoms with Gasteiger partial charge in [-0.3, -0.25) is 4.79 Å². The molecule has 3 unspecified atom stereocenters. The summed E-state index contributed by atoms with van der Waals surface area (Å²) in [6.07, 6.45) is 5.14. The number of amides is 1. The first-order valence-corrected chi connectivity index (χ1v) is 7.27. The van der Waals surface area contributed by atoms with Crippen molar-refractivity contribution in [1.29, 1.82) is 0 Å². The molecule has 2 aliphatic carbocycles. The second-order valence-corrected chi connectivity index (χ2v) is 6.08. The summed E-state index contributed by atoms with van der Waals surface area (Å²) < 4.78 is 13.7. The van der Waals surface area contributed by atoms with Crippen LogP contribution in [0, 0.1) is 5.92 Å². The number of halogens is 2. The first kappa shape index (κ1) is 13.9. The third-order valence-electron chi connectivity index (χ3n) is 4.14. The van der Waals surface area contributed by atoms with Gasteiger partial charge >= 0.3 is 0 Å². The Balaban J connectivity index is 1.81. The number of rotatable bonds is 3. The first-order valence-electron chi connectivity index (χ1n) is 6.84. The number of allylic oxidation sites excluding steroid dienone is 1. The third kappa shape index (κ3) is 3.25. The van der Waals surface area contributed by atoms with Crippen LogP contribution in [-0.2, 0) is 4.79 Å². The zero-order valence-corrected chi connectivity index (χ0v) is 11.4. The molecular formula is C14H21ClFNO. The Hall–Kier alpha value is -0.570. The lowest BCUT2D eigenvalue weighted by Gasteiger charge is -2.30. The van der Waals surface area contributed by atoms with Gasteiger partial charge in [0.05, 0.1) is 5.38 Å². The van der Waals surface area contributed by atoms with Crippen LogP contribution < -0.4 is 5.32 Å². The summed E-state index contributed by atoms with van der Waals surface area (Å²) in [4.78, 5) is 11.9. The predicted molar refractivity (Wildman–Crippen MR) is 71.4 cm³/mol. The van der Waals surface area contributed by atoms with E-state index in [0.717, 1.165) is 19.3 Å². The van der Waals surface area contributed by atoms with Crippen LogP contribution >= 0.6 is 11.6 Å². The van der Waals surface area contributed by atoms with Crippen LogP contribution in [0.25, 0.3) is 0 Å². The van der Waals surface area contributed by atoms with Crippen LogP contribution in [0.2, 0.25) is 0 Å². The van der Waals surface area contributed by atoms with Crippen molar-refractivity contribution >= 4 is 17.5 Å². The fourth-order valence-electron chi connectivity index (χ4n) is 2.96. The summed E-state index contributed by atoms with van der Waals surface area (Å²) in [6, 6.07) is 0.330. The minimum absolute atomic E-state index is 0.0354. The Bertz CT molecular complexity index is 328. The molecule has 2 saturated carbocycles. The van der Waals surface area contributed by atoms with Gasteiger partial charge in [0.15, 0.2) is 0 Å². The Morgan fingerprint density at radius 2 is 2.00 bits per heavy atom. The van der Waals surface area contributed by atoms with Gasteiger partial charge in [-0.25, -0.2) is 4.39 Å². The molecule has 1 N–H and O–H groups in total. The second-order valence-electron chi connectivity index (χ2n) is 5.52. The van der Waals surface area contributed by atoms with E-state index in [1.54, 1.807) is 0 Å². The van der Waals surface area contributed by atoms with Crippen LogP contribution in [0.3, 0.4) is 0 Å². The predicted octanol–water partition coefficient (Wildman–Crippen LogP) is 3.35. The fourth-order valence-corrected chi connectivity index (χ4v) is 3.25. The van der Waals surface area contributed by atoms with Crippen molar-refractivity contribution in [3.05, 3.63) is 12.2 Å². The van der Waals surface area contributed by atoms with E-state index in [4.69, 9.17) is 11.6 Å². The van der Waals surface area contributed by atoms with Crippen LogP contribution in [0.1, 0.15) is 44.9 Å². The topological polar surface area (TPSA) is 29.1 Å². The zero-order chi connectivity index (χ0) is 13.1. The highest BCUT2D eigenvalue weighted by molar-refractivity contribution is 6.21. The highest BCUT2D eigenvalue weighted by Gasteiger charge is 2.33. The lowest BCUT2D eigenvalue weighted by Crippen LogP contribution is -2.36. The lowest BCUT2D eigenvalue weighted by molar-refractivity contribution is -0.122. The van der Waals surface area contributed by atoms with Gasteiger partial charge in [-0.05, 0) is 37.2 Å². The van der Waals surface area contributed by atoms with E-state index >= 15 is 0 Å². The summed E-state index contributed by atoms with van der Waals surface area (Å²) in [5.74, 6) is -0.00956. The molecule has 0 spiro atoms. The summed E-state index contributed by atoms with van der Waals surface area (Å²) in [5.41, 5.74) is 0.503. The van der Waals surface area contributed by atoms with E-state index in [1.807, 2.05) is 0 Å². The second kappa shape index (κ2) is 6.05. The summed E-state index contributed by atoms with van der Waals surface area (Å²) >= 11 is 5.86. The molecule has 0 radical (unpaired) electrons. The molecular weight excluding hydrogens is 253 g/mol. The van der Waals surface area contributed by atoms with Crippen LogP contribution in [-0.4, -0.2) is 23.5 Å². The van der Waals surface area contributed by atoms with E-state index in [-0.39, 0.29) is 11.8 Å². The summed E-state index contributed by atoms with van der Waals surface area (Å²) in [5, 5.41) is 2.57. The molecule has 2 nitrogen and oxygen atoms in total. The molecule has 1 amide bonds. The molecule has 102 valence electrons. The fraction of sp³-hybridized carbons (Fsp3) is 0.786. The van der Waals surface area contributed by atoms with E-state index < -0.39 is 11.5 Å². The monoisotopic (exact) mass is 273 g/mol. The maximum absolute atomic E-state index is 13.7. The molecule has 2 fully saturated rings. The minimum atomic E-state index is -1.16. The highest BCUT2D eigenvalue weighted by atomic mass is 35.5. The molecule has 18 heavy (non-hydrogen) atoms. The third-order valence-corrected chi connectivity index (χ3v) is 4.58. The summed E-state index contributed by atoms with van der Waals surface area (Å²) in [6.45, 7) is 3.77. The molecule has 4 heteroatoms. The Labute approximate surface area is 113 Å². The van der Waals surface area contributed by atoms with Gasteiger partial charge in [0.25, 0.3) is 0 Å². The maximum Gasteiger partial charge on any atom is 0.220 e. The molecule has 0 bridgehead atoms. The average molecular weight is 274 g/mol. The van der Waals surface area contributed by atoms with Gasteiger partial charge in [0.1, 0.15) is 6.17 Å². The van der Waals surface area contributed by atoms with Crippen LogP contribution in [0.5, 0.6) is 0 Å². The lowest BCUT2D eigenvalue weighted by atomic mass is 9.81. The summed E-state index contributed by atoms with van der Waals surface area (Å²) in [7, 11) is 0. The van der Waals surface area contributed by atoms with Gasteiger partial charge in [0.2, 0.25) is 5.91 Å². The largest absolute Gasteiger partial charge is 0.353 e. The van der Waals surface area contributed by atoms with E-state index in [2.05, 4.69) is 11.9 Å². The first-order chi connectivity index (χ1) is 8.58. The molecule has 0 saturated heterocycles. The van der Waals surface area contributed by atoms with Gasteiger partial charge in [-0.2, -0.15) is 0 Å². The number of carbonyl (C=O) groups excluding carboxylic acids is 1. The van der Waals surface area contributed by atoms with Crippen molar-refractivity contribution in [2.75, 3.05) is 0 Å². The Morgan fingerprint density at radius 1 is 1.33 bits per heavy atom. The molecule has 0 aromatic rings. The molecule has 0 heterocycles. The molecule has 2 aliphatic rings. The van der Waals surface area contributed by atoms with Crippen molar-refractivity contribution in [3.63, 3.8) is 0 Å². The molecule has 0 aromatic heterocycles. The number of carbonyl (C=O) groups is 1. The van der Waals surface area contributed by atoms with Gasteiger partial charge in [-0.15, -0.1) is 11.6 Å². The van der Waals surface area contributed by atoms with Gasteiger partial charge in [0, 0.05) is 12.5 Å². The Morgan fingerprint density at radius 3 is 2.67 bits per heavy atom. The van der Waals surface area contributed by atoms with Crippen LogP contribution in [0.15, 0.2) is 12.2 Å². The number of alkyl halides is 2. The van der Waals surface area contributed by atoms with E-state index in [0.29, 0.717) is 24.5 Å². The Kier molecular flexibility index (Phi) is 4.66. The SMILES string of the molecule is C=C1C(CC(=O)NC2CCCC2)CCC(Cl)C1F. The maximum atomic E-state index is 13.7. The van der Waals surface area contributed by atoms with E-state index in [9.17, 15) is 9.18 Å².